The molecule has 2 heteroatoms. The van der Waals surface area contributed by atoms with Gasteiger partial charge in [-0.3, -0.25) is 9.97 Å². The lowest BCUT2D eigenvalue weighted by molar-refractivity contribution is 0.966. The van der Waals surface area contributed by atoms with Crippen LogP contribution < -0.4 is 0 Å². The van der Waals surface area contributed by atoms with E-state index in [0.29, 0.717) is 0 Å². The van der Waals surface area contributed by atoms with E-state index in [1.54, 1.807) is 0 Å². The quantitative estimate of drug-likeness (QED) is 0.780. The number of hydrogen-bond acceptors (Lipinski definition) is 2. The molecule has 0 fully saturated rings. The van der Waals surface area contributed by atoms with Crippen molar-refractivity contribution in [3.8, 4) is 11.1 Å². The fourth-order valence-electron chi connectivity index (χ4n) is 2.04. The summed E-state index contributed by atoms with van der Waals surface area (Å²) in [5.74, 6) is 0. The first-order chi connectivity index (χ1) is 7.86. The Morgan fingerprint density at radius 3 is 2.31 bits per heavy atom. The first kappa shape index (κ1) is 10.8. The molecule has 0 aliphatic rings. The van der Waals surface area contributed by atoms with Gasteiger partial charge >= 0.3 is 0 Å². The van der Waals surface area contributed by atoms with E-state index >= 15 is 0 Å². The van der Waals surface area contributed by atoms with E-state index in [9.17, 15) is 0 Å². The van der Waals surface area contributed by atoms with Gasteiger partial charge in [-0.2, -0.15) is 0 Å². The molecule has 0 saturated heterocycles. The van der Waals surface area contributed by atoms with Crippen molar-refractivity contribution in [3.05, 3.63) is 48.0 Å². The minimum atomic E-state index is 0.988. The van der Waals surface area contributed by atoms with Crippen LogP contribution in [0.4, 0.5) is 0 Å². The second-order valence-corrected chi connectivity index (χ2v) is 3.73. The molecule has 0 N–H and O–H groups in total. The number of aryl methyl sites for hydroxylation is 1. The van der Waals surface area contributed by atoms with Gasteiger partial charge in [0.15, 0.2) is 0 Å². The lowest BCUT2D eigenvalue weighted by Gasteiger charge is -2.11. The Hall–Kier alpha value is -1.70. The summed E-state index contributed by atoms with van der Waals surface area (Å²) < 4.78 is 0. The standard InChI is InChI=1S/C14H16N2/c1-3-12-13(7-10-16-14(12)4-2)11-5-8-15-9-6-11/h5-10H,3-4H2,1-2H3. The Morgan fingerprint density at radius 2 is 1.69 bits per heavy atom. The van der Waals surface area contributed by atoms with Gasteiger partial charge < -0.3 is 0 Å². The van der Waals surface area contributed by atoms with Gasteiger partial charge in [-0.15, -0.1) is 0 Å². The van der Waals surface area contributed by atoms with E-state index in [0.717, 1.165) is 12.8 Å². The van der Waals surface area contributed by atoms with Crippen LogP contribution in [0.15, 0.2) is 36.8 Å². The average Bonchev–Trinajstić information content (AvgIpc) is 2.38. The zero-order valence-electron chi connectivity index (χ0n) is 9.77. The third-order valence-corrected chi connectivity index (χ3v) is 2.82. The van der Waals surface area contributed by atoms with Crippen LogP contribution in [0, 0.1) is 0 Å². The van der Waals surface area contributed by atoms with Crippen LogP contribution in [0.5, 0.6) is 0 Å². The van der Waals surface area contributed by atoms with Crippen molar-refractivity contribution < 1.29 is 0 Å². The molecule has 82 valence electrons. The van der Waals surface area contributed by atoms with Gasteiger partial charge in [0.2, 0.25) is 0 Å². The fraction of sp³-hybridized carbons (Fsp3) is 0.286. The summed E-state index contributed by atoms with van der Waals surface area (Å²) in [6.45, 7) is 4.33. The van der Waals surface area contributed by atoms with Gasteiger partial charge in [0.1, 0.15) is 0 Å². The molecule has 2 heterocycles. The van der Waals surface area contributed by atoms with E-state index in [4.69, 9.17) is 0 Å². The van der Waals surface area contributed by atoms with E-state index < -0.39 is 0 Å². The second kappa shape index (κ2) is 4.88. The van der Waals surface area contributed by atoms with Crippen LogP contribution in [0.2, 0.25) is 0 Å². The number of rotatable bonds is 3. The highest BCUT2D eigenvalue weighted by molar-refractivity contribution is 5.67. The van der Waals surface area contributed by atoms with Crippen LogP contribution in [0.25, 0.3) is 11.1 Å². The number of nitrogens with zero attached hydrogens (tertiary/aromatic N) is 2. The molecule has 0 bridgehead atoms. The highest BCUT2D eigenvalue weighted by atomic mass is 14.7. The van der Waals surface area contributed by atoms with E-state index in [1.165, 1.54) is 22.4 Å². The van der Waals surface area contributed by atoms with E-state index in [2.05, 4.69) is 29.9 Å². The normalized spacial score (nSPS) is 10.4. The molecule has 0 amide bonds. The van der Waals surface area contributed by atoms with Crippen molar-refractivity contribution in [3.63, 3.8) is 0 Å². The maximum atomic E-state index is 4.44. The molecule has 0 aromatic carbocycles. The summed E-state index contributed by atoms with van der Waals surface area (Å²) in [6.07, 6.45) is 7.58. The maximum absolute atomic E-state index is 4.44. The van der Waals surface area contributed by atoms with Gasteiger partial charge in [-0.25, -0.2) is 0 Å². The largest absolute Gasteiger partial charge is 0.265 e. The third-order valence-electron chi connectivity index (χ3n) is 2.82. The molecule has 0 aliphatic carbocycles. The van der Waals surface area contributed by atoms with Crippen molar-refractivity contribution in [2.24, 2.45) is 0 Å². The molecule has 2 aromatic rings. The topological polar surface area (TPSA) is 25.8 Å². The summed E-state index contributed by atoms with van der Waals surface area (Å²) in [5.41, 5.74) is 5.08. The number of pyridine rings is 2. The molecular weight excluding hydrogens is 196 g/mol. The van der Waals surface area contributed by atoms with Crippen molar-refractivity contribution in [1.29, 1.82) is 0 Å². The zero-order valence-corrected chi connectivity index (χ0v) is 9.77. The first-order valence-electron chi connectivity index (χ1n) is 5.74. The van der Waals surface area contributed by atoms with Crippen LogP contribution >= 0.6 is 0 Å². The number of hydrogen-bond donors (Lipinski definition) is 0. The molecule has 0 unspecified atom stereocenters. The maximum Gasteiger partial charge on any atom is 0.0438 e. The molecule has 2 rings (SSSR count). The molecule has 0 atom stereocenters. The Labute approximate surface area is 96.4 Å². The Balaban J connectivity index is 2.57. The lowest BCUT2D eigenvalue weighted by Crippen LogP contribution is -1.98. The van der Waals surface area contributed by atoms with Crippen LogP contribution in [0.3, 0.4) is 0 Å². The summed E-state index contributed by atoms with van der Waals surface area (Å²) in [4.78, 5) is 8.49. The predicted molar refractivity (Wildman–Crippen MR) is 66.2 cm³/mol. The fourth-order valence-corrected chi connectivity index (χ4v) is 2.04. The zero-order chi connectivity index (χ0) is 11.4. The third kappa shape index (κ3) is 1.96. The van der Waals surface area contributed by atoms with E-state index in [1.807, 2.05) is 30.7 Å². The molecule has 0 radical (unpaired) electrons. The molecule has 2 nitrogen and oxygen atoms in total. The molecule has 0 aliphatic heterocycles. The minimum Gasteiger partial charge on any atom is -0.265 e. The molecule has 16 heavy (non-hydrogen) atoms. The first-order valence-corrected chi connectivity index (χ1v) is 5.74. The van der Waals surface area contributed by atoms with Gasteiger partial charge in [0.05, 0.1) is 0 Å². The van der Waals surface area contributed by atoms with Gasteiger partial charge in [0.25, 0.3) is 0 Å². The van der Waals surface area contributed by atoms with Crippen molar-refractivity contribution >= 4 is 0 Å². The minimum absolute atomic E-state index is 0.988. The average molecular weight is 212 g/mol. The highest BCUT2D eigenvalue weighted by Gasteiger charge is 2.07. The molecule has 2 aromatic heterocycles. The van der Waals surface area contributed by atoms with Gasteiger partial charge in [0, 0.05) is 24.3 Å². The van der Waals surface area contributed by atoms with Crippen molar-refractivity contribution in [1.82, 2.24) is 9.97 Å². The van der Waals surface area contributed by atoms with Crippen LogP contribution in [-0.2, 0) is 12.8 Å². The van der Waals surface area contributed by atoms with Gasteiger partial charge in [-0.05, 0) is 47.7 Å². The van der Waals surface area contributed by atoms with E-state index in [-0.39, 0.29) is 0 Å². The van der Waals surface area contributed by atoms with Gasteiger partial charge in [-0.1, -0.05) is 13.8 Å². The summed E-state index contributed by atoms with van der Waals surface area (Å²) >= 11 is 0. The summed E-state index contributed by atoms with van der Waals surface area (Å²) in [7, 11) is 0. The lowest BCUT2D eigenvalue weighted by atomic mass is 9.97. The highest BCUT2D eigenvalue weighted by Crippen LogP contribution is 2.25. The second-order valence-electron chi connectivity index (χ2n) is 3.73. The summed E-state index contributed by atoms with van der Waals surface area (Å²) in [6, 6.07) is 6.19. The molecule has 0 saturated carbocycles. The van der Waals surface area contributed by atoms with Crippen LogP contribution in [0.1, 0.15) is 25.1 Å². The smallest absolute Gasteiger partial charge is 0.0438 e. The van der Waals surface area contributed by atoms with Crippen molar-refractivity contribution in [2.45, 2.75) is 26.7 Å². The summed E-state index contributed by atoms with van der Waals surface area (Å²) in [5, 5.41) is 0. The Morgan fingerprint density at radius 1 is 0.938 bits per heavy atom. The SMILES string of the molecule is CCc1nccc(-c2ccncc2)c1CC. The Bertz CT molecular complexity index is 463. The monoisotopic (exact) mass is 212 g/mol. The van der Waals surface area contributed by atoms with Crippen molar-refractivity contribution in [2.75, 3.05) is 0 Å². The Kier molecular flexibility index (Phi) is 3.30. The molecule has 0 spiro atoms. The predicted octanol–water partition coefficient (Wildman–Crippen LogP) is 3.27. The number of aromatic nitrogens is 2. The molecular formula is C14H16N2. The van der Waals surface area contributed by atoms with Crippen LogP contribution in [-0.4, -0.2) is 9.97 Å².